The van der Waals surface area contributed by atoms with Gasteiger partial charge in [0.25, 0.3) is 0 Å². The molecule has 4 heteroatoms. The lowest BCUT2D eigenvalue weighted by molar-refractivity contribution is 0.0497. The number of alkyl carbamates (subject to hydrolysis) is 1. The first kappa shape index (κ1) is 15.3. The average Bonchev–Trinajstić information content (AvgIpc) is 2.42. The highest BCUT2D eigenvalue weighted by atomic mass is 16.6. The Kier molecular flexibility index (Phi) is 5.93. The van der Waals surface area contributed by atoms with E-state index in [0.717, 1.165) is 19.6 Å². The van der Waals surface area contributed by atoms with Crippen molar-refractivity contribution >= 4 is 6.09 Å². The second kappa shape index (κ2) is 6.98. The monoisotopic (exact) mass is 256 g/mol. The number of nitrogens with zero attached hydrogens (tertiary/aromatic N) is 1. The van der Waals surface area contributed by atoms with E-state index in [9.17, 15) is 4.79 Å². The SMILES string of the molecule is CC(CN1CCCCCC1)NC(=O)OC(C)(C)C. The summed E-state index contributed by atoms with van der Waals surface area (Å²) in [6, 6.07) is 0.137. The third kappa shape index (κ3) is 6.84. The van der Waals surface area contributed by atoms with E-state index in [1.165, 1.54) is 25.7 Å². The number of hydrogen-bond donors (Lipinski definition) is 1. The van der Waals surface area contributed by atoms with Gasteiger partial charge >= 0.3 is 6.09 Å². The molecule has 1 unspecified atom stereocenters. The Bertz CT molecular complexity index is 253. The van der Waals surface area contributed by atoms with E-state index in [2.05, 4.69) is 10.2 Å². The molecule has 0 aromatic heterocycles. The van der Waals surface area contributed by atoms with E-state index in [1.807, 2.05) is 27.7 Å². The van der Waals surface area contributed by atoms with Gasteiger partial charge in [-0.25, -0.2) is 4.79 Å². The zero-order valence-corrected chi connectivity index (χ0v) is 12.3. The van der Waals surface area contributed by atoms with Gasteiger partial charge in [-0.05, 0) is 53.6 Å². The highest BCUT2D eigenvalue weighted by Crippen LogP contribution is 2.10. The van der Waals surface area contributed by atoms with E-state index in [-0.39, 0.29) is 12.1 Å². The lowest BCUT2D eigenvalue weighted by Crippen LogP contribution is -2.44. The Morgan fingerprint density at radius 3 is 2.28 bits per heavy atom. The van der Waals surface area contributed by atoms with Crippen LogP contribution in [0.5, 0.6) is 0 Å². The number of hydrogen-bond acceptors (Lipinski definition) is 3. The Balaban J connectivity index is 2.27. The zero-order chi connectivity index (χ0) is 13.6. The minimum atomic E-state index is -0.424. The maximum Gasteiger partial charge on any atom is 0.407 e. The molecule has 1 atom stereocenters. The molecule has 1 aliphatic rings. The quantitative estimate of drug-likeness (QED) is 0.844. The van der Waals surface area contributed by atoms with Gasteiger partial charge in [0.15, 0.2) is 0 Å². The van der Waals surface area contributed by atoms with Crippen LogP contribution in [-0.4, -0.2) is 42.3 Å². The largest absolute Gasteiger partial charge is 0.444 e. The molecule has 1 amide bonds. The fraction of sp³-hybridized carbons (Fsp3) is 0.929. The van der Waals surface area contributed by atoms with Crippen molar-refractivity contribution in [2.24, 2.45) is 0 Å². The molecule has 0 radical (unpaired) electrons. The van der Waals surface area contributed by atoms with Crippen LogP contribution in [0.2, 0.25) is 0 Å². The van der Waals surface area contributed by atoms with Gasteiger partial charge < -0.3 is 15.0 Å². The Hall–Kier alpha value is -0.770. The van der Waals surface area contributed by atoms with Crippen LogP contribution in [0.25, 0.3) is 0 Å². The van der Waals surface area contributed by atoms with Crippen LogP contribution in [0.1, 0.15) is 53.4 Å². The predicted molar refractivity (Wildman–Crippen MR) is 73.7 cm³/mol. The van der Waals surface area contributed by atoms with E-state index >= 15 is 0 Å². The van der Waals surface area contributed by atoms with Gasteiger partial charge in [0.1, 0.15) is 5.60 Å². The maximum absolute atomic E-state index is 11.6. The van der Waals surface area contributed by atoms with Crippen molar-refractivity contribution in [3.05, 3.63) is 0 Å². The van der Waals surface area contributed by atoms with Crippen LogP contribution in [0, 0.1) is 0 Å². The van der Waals surface area contributed by atoms with Crippen LogP contribution >= 0.6 is 0 Å². The summed E-state index contributed by atoms with van der Waals surface area (Å²) in [6.07, 6.45) is 4.91. The predicted octanol–water partition coefficient (Wildman–Crippen LogP) is 2.78. The topological polar surface area (TPSA) is 41.6 Å². The zero-order valence-electron chi connectivity index (χ0n) is 12.3. The summed E-state index contributed by atoms with van der Waals surface area (Å²) in [5, 5.41) is 2.90. The van der Waals surface area contributed by atoms with Gasteiger partial charge in [-0.1, -0.05) is 12.8 Å². The molecule has 1 N–H and O–H groups in total. The van der Waals surface area contributed by atoms with Gasteiger partial charge in [0.05, 0.1) is 0 Å². The molecule has 0 spiro atoms. The van der Waals surface area contributed by atoms with E-state index in [0.29, 0.717) is 0 Å². The second-order valence-corrected chi connectivity index (χ2v) is 6.26. The molecule has 1 heterocycles. The summed E-state index contributed by atoms with van der Waals surface area (Å²) >= 11 is 0. The van der Waals surface area contributed by atoms with Gasteiger partial charge in [0, 0.05) is 12.6 Å². The highest BCUT2D eigenvalue weighted by Gasteiger charge is 2.19. The second-order valence-electron chi connectivity index (χ2n) is 6.26. The lowest BCUT2D eigenvalue weighted by Gasteiger charge is -2.26. The van der Waals surface area contributed by atoms with Crippen molar-refractivity contribution in [1.82, 2.24) is 10.2 Å². The van der Waals surface area contributed by atoms with Gasteiger partial charge in [-0.3, -0.25) is 0 Å². The van der Waals surface area contributed by atoms with Crippen LogP contribution < -0.4 is 5.32 Å². The van der Waals surface area contributed by atoms with E-state index in [1.54, 1.807) is 0 Å². The number of nitrogens with one attached hydrogen (secondary N) is 1. The summed E-state index contributed by atoms with van der Waals surface area (Å²) < 4.78 is 5.25. The minimum absolute atomic E-state index is 0.137. The van der Waals surface area contributed by atoms with Crippen LogP contribution in [-0.2, 0) is 4.74 Å². The van der Waals surface area contributed by atoms with Gasteiger partial charge in [0.2, 0.25) is 0 Å². The summed E-state index contributed by atoms with van der Waals surface area (Å²) in [5.41, 5.74) is -0.424. The van der Waals surface area contributed by atoms with Gasteiger partial charge in [-0.2, -0.15) is 0 Å². The average molecular weight is 256 g/mol. The van der Waals surface area contributed by atoms with Gasteiger partial charge in [-0.15, -0.1) is 0 Å². The molecule has 18 heavy (non-hydrogen) atoms. The van der Waals surface area contributed by atoms with Crippen molar-refractivity contribution in [3.63, 3.8) is 0 Å². The molecule has 106 valence electrons. The fourth-order valence-electron chi connectivity index (χ4n) is 2.26. The molecule has 1 rings (SSSR count). The molecule has 0 aromatic rings. The van der Waals surface area contributed by atoms with E-state index in [4.69, 9.17) is 4.74 Å². The Morgan fingerprint density at radius 1 is 1.22 bits per heavy atom. The summed E-state index contributed by atoms with van der Waals surface area (Å²) in [7, 11) is 0. The molecule has 0 bridgehead atoms. The van der Waals surface area contributed by atoms with Crippen LogP contribution in [0.3, 0.4) is 0 Å². The van der Waals surface area contributed by atoms with Crippen molar-refractivity contribution in [3.8, 4) is 0 Å². The number of rotatable bonds is 3. The molecule has 4 nitrogen and oxygen atoms in total. The van der Waals surface area contributed by atoms with Crippen molar-refractivity contribution in [1.29, 1.82) is 0 Å². The number of amides is 1. The first-order valence-corrected chi connectivity index (χ1v) is 7.09. The third-order valence-corrected chi connectivity index (χ3v) is 2.99. The highest BCUT2D eigenvalue weighted by molar-refractivity contribution is 5.68. The first-order chi connectivity index (χ1) is 8.37. The fourth-order valence-corrected chi connectivity index (χ4v) is 2.26. The first-order valence-electron chi connectivity index (χ1n) is 7.09. The lowest BCUT2D eigenvalue weighted by atomic mass is 10.2. The number of carbonyl (C=O) groups is 1. The number of carbonyl (C=O) groups excluding carboxylic acids is 1. The molecular formula is C14H28N2O2. The number of likely N-dealkylation sites (tertiary alicyclic amines) is 1. The van der Waals surface area contributed by atoms with Crippen LogP contribution in [0.15, 0.2) is 0 Å². The summed E-state index contributed by atoms with van der Waals surface area (Å²) in [4.78, 5) is 14.1. The molecule has 1 fully saturated rings. The smallest absolute Gasteiger partial charge is 0.407 e. The maximum atomic E-state index is 11.6. The molecule has 0 aliphatic carbocycles. The Morgan fingerprint density at radius 2 is 1.78 bits per heavy atom. The minimum Gasteiger partial charge on any atom is -0.444 e. The van der Waals surface area contributed by atoms with Crippen molar-refractivity contribution < 1.29 is 9.53 Å². The van der Waals surface area contributed by atoms with Crippen LogP contribution in [0.4, 0.5) is 4.79 Å². The van der Waals surface area contributed by atoms with Crippen molar-refractivity contribution in [2.75, 3.05) is 19.6 Å². The Labute approximate surface area is 111 Å². The normalized spacial score (nSPS) is 20.0. The van der Waals surface area contributed by atoms with E-state index < -0.39 is 5.60 Å². The third-order valence-electron chi connectivity index (χ3n) is 2.99. The summed E-state index contributed by atoms with van der Waals surface area (Å²) in [6.45, 7) is 10.9. The molecule has 1 aliphatic heterocycles. The standard InChI is InChI=1S/C14H28N2O2/c1-12(15-13(17)18-14(2,3)4)11-16-9-7-5-6-8-10-16/h12H,5-11H2,1-4H3,(H,15,17). The molecule has 0 saturated carbocycles. The molecule has 0 aromatic carbocycles. The summed E-state index contributed by atoms with van der Waals surface area (Å²) in [5.74, 6) is 0. The number of ether oxygens (including phenoxy) is 1. The molecule has 1 saturated heterocycles. The molecular weight excluding hydrogens is 228 g/mol. The van der Waals surface area contributed by atoms with Crippen molar-refractivity contribution in [2.45, 2.75) is 65.0 Å².